The summed E-state index contributed by atoms with van der Waals surface area (Å²) in [4.78, 5) is 18.3. The fourth-order valence-electron chi connectivity index (χ4n) is 4.07. The minimum absolute atomic E-state index is 0.0482. The van der Waals surface area contributed by atoms with Gasteiger partial charge < -0.3 is 9.64 Å². The van der Waals surface area contributed by atoms with E-state index < -0.39 is 12.3 Å². The van der Waals surface area contributed by atoms with Crippen molar-refractivity contribution in [1.82, 2.24) is 14.9 Å². The van der Waals surface area contributed by atoms with Crippen LogP contribution in [0.5, 0.6) is 5.75 Å². The molecule has 0 N–H and O–H groups in total. The third kappa shape index (κ3) is 3.77. The number of nitriles is 1. The van der Waals surface area contributed by atoms with Crippen molar-refractivity contribution in [2.75, 3.05) is 13.1 Å². The summed E-state index contributed by atoms with van der Waals surface area (Å²) in [5, 5.41) is 14.3. The third-order valence-corrected chi connectivity index (χ3v) is 5.51. The number of likely N-dealkylation sites (tertiary alicyclic amines) is 1. The Labute approximate surface area is 161 Å². The summed E-state index contributed by atoms with van der Waals surface area (Å²) in [6.07, 6.45) is 1.67. The second kappa shape index (κ2) is 7.70. The molecule has 0 bridgehead atoms. The number of carbonyl (C=O) groups excluding carboxylic acids is 1. The summed E-state index contributed by atoms with van der Waals surface area (Å²) < 4.78 is 33.3. The Morgan fingerprint density at radius 3 is 2.61 bits per heavy atom. The van der Waals surface area contributed by atoms with E-state index in [1.54, 1.807) is 23.2 Å². The first-order valence-electron chi connectivity index (χ1n) is 9.45. The minimum Gasteiger partial charge on any atom is -0.485 e. The Hall–Kier alpha value is -2.76. The number of pyridine rings is 1. The van der Waals surface area contributed by atoms with Crippen molar-refractivity contribution in [3.63, 3.8) is 0 Å². The van der Waals surface area contributed by atoms with Gasteiger partial charge in [-0.05, 0) is 30.9 Å². The zero-order valence-electron chi connectivity index (χ0n) is 15.2. The lowest BCUT2D eigenvalue weighted by atomic mass is 9.81. The van der Waals surface area contributed by atoms with Crippen LogP contribution < -0.4 is 4.74 Å². The van der Waals surface area contributed by atoms with Crippen LogP contribution in [0.3, 0.4) is 0 Å². The Morgan fingerprint density at radius 1 is 1.21 bits per heavy atom. The number of urea groups is 1. The van der Waals surface area contributed by atoms with Crippen LogP contribution in [0, 0.1) is 17.2 Å². The van der Waals surface area contributed by atoms with E-state index in [-0.39, 0.29) is 43.4 Å². The molecule has 7 nitrogen and oxygen atoms in total. The molecule has 0 radical (unpaired) electrons. The van der Waals surface area contributed by atoms with Gasteiger partial charge in [-0.3, -0.25) is 0 Å². The highest BCUT2D eigenvalue weighted by molar-refractivity contribution is 5.79. The second-order valence-electron chi connectivity index (χ2n) is 7.53. The van der Waals surface area contributed by atoms with Crippen molar-refractivity contribution in [3.8, 4) is 11.8 Å². The highest BCUT2D eigenvalue weighted by atomic mass is 19.1. The zero-order valence-corrected chi connectivity index (χ0v) is 15.2. The van der Waals surface area contributed by atoms with Crippen LogP contribution >= 0.6 is 0 Å². The zero-order chi connectivity index (χ0) is 19.7. The summed E-state index contributed by atoms with van der Waals surface area (Å²) in [7, 11) is 0. The highest BCUT2D eigenvalue weighted by Crippen LogP contribution is 2.36. The van der Waals surface area contributed by atoms with Crippen molar-refractivity contribution in [1.29, 1.82) is 5.26 Å². The van der Waals surface area contributed by atoms with Gasteiger partial charge in [-0.15, -0.1) is 0 Å². The second-order valence-corrected chi connectivity index (χ2v) is 7.53. The maximum absolute atomic E-state index is 13.8. The normalized spacial score (nSPS) is 30.0. The number of aromatic nitrogens is 1. The molecule has 148 valence electrons. The molecule has 1 aromatic heterocycles. The molecular weight excluding hydrogens is 368 g/mol. The van der Waals surface area contributed by atoms with Crippen molar-refractivity contribution in [2.45, 2.75) is 50.2 Å². The number of alkyl halides is 2. The van der Waals surface area contributed by atoms with Gasteiger partial charge in [-0.25, -0.2) is 23.6 Å². The Morgan fingerprint density at radius 2 is 1.96 bits per heavy atom. The predicted molar refractivity (Wildman–Crippen MR) is 96.2 cm³/mol. The first-order chi connectivity index (χ1) is 13.5. The molecule has 4 rings (SSSR count). The first kappa shape index (κ1) is 18.6. The summed E-state index contributed by atoms with van der Waals surface area (Å²) in [5.74, 6) is 0.321. The van der Waals surface area contributed by atoms with E-state index in [0.29, 0.717) is 31.0 Å². The average Bonchev–Trinajstić information content (AvgIpc) is 3.13. The summed E-state index contributed by atoms with van der Waals surface area (Å²) in [5.41, 5.74) is 0.310. The van der Waals surface area contributed by atoms with E-state index in [1.165, 1.54) is 11.2 Å². The smallest absolute Gasteiger partial charge is 0.340 e. The van der Waals surface area contributed by atoms with Crippen LogP contribution in [0.25, 0.3) is 0 Å². The average molecular weight is 389 g/mol. The molecule has 3 aliphatic rings. The van der Waals surface area contributed by atoms with Crippen molar-refractivity contribution >= 4 is 12.2 Å². The molecule has 2 fully saturated rings. The first-order valence-corrected chi connectivity index (χ1v) is 9.45. The van der Waals surface area contributed by atoms with Gasteiger partial charge in [0.05, 0.1) is 25.3 Å². The quantitative estimate of drug-likeness (QED) is 0.796. The largest absolute Gasteiger partial charge is 0.485 e. The molecule has 3 atom stereocenters. The van der Waals surface area contributed by atoms with Gasteiger partial charge in [0.25, 0.3) is 0 Å². The molecule has 2 aliphatic heterocycles. The SMILES string of the molecule is N#Cc1ccc(OC2CN(C(=O)N3N=CC[C@H]3C3CC(F)CC(F)C3)C2)cn1. The number of carbonyl (C=O) groups is 1. The van der Waals surface area contributed by atoms with Gasteiger partial charge in [-0.1, -0.05) is 0 Å². The summed E-state index contributed by atoms with van der Waals surface area (Å²) >= 11 is 0. The lowest BCUT2D eigenvalue weighted by Crippen LogP contribution is -2.60. The molecule has 0 spiro atoms. The van der Waals surface area contributed by atoms with Crippen molar-refractivity contribution in [2.24, 2.45) is 11.0 Å². The minimum atomic E-state index is -1.16. The lowest BCUT2D eigenvalue weighted by Gasteiger charge is -2.42. The van der Waals surface area contributed by atoms with Crippen LogP contribution in [0.1, 0.15) is 31.4 Å². The molecule has 1 saturated carbocycles. The van der Waals surface area contributed by atoms with Crippen LogP contribution in [0.2, 0.25) is 0 Å². The molecule has 9 heteroatoms. The van der Waals surface area contributed by atoms with E-state index in [0.717, 1.165) is 0 Å². The molecule has 2 amide bonds. The summed E-state index contributed by atoms with van der Waals surface area (Å²) in [6.45, 7) is 0.805. The molecular formula is C19H21F2N5O2. The fraction of sp³-hybridized carbons (Fsp3) is 0.579. The van der Waals surface area contributed by atoms with E-state index in [9.17, 15) is 13.6 Å². The monoisotopic (exact) mass is 389 g/mol. The van der Waals surface area contributed by atoms with Gasteiger partial charge >= 0.3 is 6.03 Å². The van der Waals surface area contributed by atoms with Crippen LogP contribution in [-0.2, 0) is 0 Å². The number of rotatable bonds is 3. The number of halogens is 2. The number of ether oxygens (including phenoxy) is 1. The van der Waals surface area contributed by atoms with Gasteiger partial charge in [0.1, 0.15) is 36.0 Å². The maximum Gasteiger partial charge on any atom is 0.340 e. The summed E-state index contributed by atoms with van der Waals surface area (Å²) in [6, 6.07) is 4.64. The van der Waals surface area contributed by atoms with Crippen molar-refractivity contribution in [3.05, 3.63) is 24.0 Å². The third-order valence-electron chi connectivity index (χ3n) is 5.51. The van der Waals surface area contributed by atoms with Gasteiger partial charge in [-0.2, -0.15) is 10.4 Å². The Kier molecular flexibility index (Phi) is 5.11. The molecule has 2 unspecified atom stereocenters. The number of nitrogens with zero attached hydrogens (tertiary/aromatic N) is 5. The van der Waals surface area contributed by atoms with E-state index in [2.05, 4.69) is 10.1 Å². The van der Waals surface area contributed by atoms with E-state index >= 15 is 0 Å². The van der Waals surface area contributed by atoms with E-state index in [4.69, 9.17) is 10.00 Å². The number of hydrazone groups is 1. The van der Waals surface area contributed by atoms with Crippen LogP contribution in [0.4, 0.5) is 13.6 Å². The standard InChI is InChI=1S/C19H21F2N5O2/c20-13-5-12(6-14(21)7-13)18-3-4-24-26(18)19(27)25-10-17(11-25)28-16-2-1-15(8-22)23-9-16/h1-2,4,9,12-14,17-18H,3,5-7,10-11H2/t12?,13?,14?,18-/m0/s1. The van der Waals surface area contributed by atoms with Crippen molar-refractivity contribution < 1.29 is 18.3 Å². The molecule has 3 heterocycles. The number of amides is 2. The highest BCUT2D eigenvalue weighted by Gasteiger charge is 2.43. The lowest BCUT2D eigenvalue weighted by molar-refractivity contribution is 0.0165. The van der Waals surface area contributed by atoms with Crippen LogP contribution in [-0.4, -0.2) is 64.7 Å². The molecule has 1 saturated heterocycles. The van der Waals surface area contributed by atoms with E-state index in [1.807, 2.05) is 6.07 Å². The maximum atomic E-state index is 13.8. The molecule has 1 aliphatic carbocycles. The molecule has 28 heavy (non-hydrogen) atoms. The number of hydrogen-bond acceptors (Lipinski definition) is 5. The van der Waals surface area contributed by atoms with Gasteiger partial charge in [0, 0.05) is 19.1 Å². The van der Waals surface area contributed by atoms with Gasteiger partial charge in [0.15, 0.2) is 0 Å². The predicted octanol–water partition coefficient (Wildman–Crippen LogP) is 2.67. The Balaban J connectivity index is 1.31. The van der Waals surface area contributed by atoms with Crippen LogP contribution in [0.15, 0.2) is 23.4 Å². The molecule has 1 aromatic rings. The topological polar surface area (TPSA) is 81.8 Å². The number of hydrogen-bond donors (Lipinski definition) is 0. The Bertz CT molecular complexity index is 781. The molecule has 0 aromatic carbocycles. The fourth-order valence-corrected chi connectivity index (χ4v) is 4.07. The van der Waals surface area contributed by atoms with Gasteiger partial charge in [0.2, 0.25) is 0 Å².